The zero-order valence-corrected chi connectivity index (χ0v) is 12.1. The molecule has 4 rings (SSSR count). The molecule has 5 N–H and O–H groups in total. The van der Waals surface area contributed by atoms with Gasteiger partial charge in [0.2, 0.25) is 0 Å². The van der Waals surface area contributed by atoms with Crippen molar-refractivity contribution in [2.75, 3.05) is 0 Å². The van der Waals surface area contributed by atoms with Crippen LogP contribution in [0.15, 0.2) is 30.3 Å². The molecule has 6 nitrogen and oxygen atoms in total. The number of rotatable bonds is 1. The zero-order valence-electron chi connectivity index (χ0n) is 12.1. The molecule has 0 aliphatic carbocycles. The number of aliphatic hydroxyl groups is 1. The number of phenolic OH excluding ortho intramolecular Hbond substituents is 4. The van der Waals surface area contributed by atoms with Crippen LogP contribution in [0, 0.1) is 0 Å². The number of aromatic hydroxyl groups is 4. The molecule has 2 aromatic rings. The lowest BCUT2D eigenvalue weighted by Gasteiger charge is -2.38. The highest BCUT2D eigenvalue weighted by atomic mass is 16.5. The van der Waals surface area contributed by atoms with Gasteiger partial charge in [-0.15, -0.1) is 0 Å². The Morgan fingerprint density at radius 2 is 1.61 bits per heavy atom. The second-order valence-corrected chi connectivity index (χ2v) is 6.10. The molecule has 120 valence electrons. The molecule has 2 aliphatic rings. The quantitative estimate of drug-likeness (QED) is 0.515. The van der Waals surface area contributed by atoms with Crippen LogP contribution in [-0.2, 0) is 10.3 Å². The third-order valence-corrected chi connectivity index (χ3v) is 4.83. The Labute approximate surface area is 131 Å². The monoisotopic (exact) mass is 316 g/mol. The molecular weight excluding hydrogens is 300 g/mol. The number of phenols is 4. The van der Waals surface area contributed by atoms with Crippen molar-refractivity contribution in [3.8, 4) is 23.0 Å². The summed E-state index contributed by atoms with van der Waals surface area (Å²) in [7, 11) is 0. The summed E-state index contributed by atoms with van der Waals surface area (Å²) >= 11 is 0. The molecular formula is C17H16O6. The summed E-state index contributed by atoms with van der Waals surface area (Å²) in [6.07, 6.45) is -0.171. The van der Waals surface area contributed by atoms with Crippen LogP contribution < -0.4 is 0 Å². The maximum atomic E-state index is 10.4. The standard InChI is InChI=1S/C17H16O6/c18-11-2-1-8(5-12(11)19)17-4-3-15(23-17)16(22)9-6-13(20)14(21)7-10(9)17/h1-2,5-7,15-16,18-22H,3-4H2/t15-,16-,17-/m0/s1. The minimum absolute atomic E-state index is 0.232. The molecule has 0 aromatic heterocycles. The summed E-state index contributed by atoms with van der Waals surface area (Å²) < 4.78 is 6.06. The van der Waals surface area contributed by atoms with Crippen LogP contribution in [0.2, 0.25) is 0 Å². The van der Waals surface area contributed by atoms with Crippen LogP contribution in [0.25, 0.3) is 0 Å². The Morgan fingerprint density at radius 1 is 0.913 bits per heavy atom. The lowest BCUT2D eigenvalue weighted by Crippen LogP contribution is -2.36. The van der Waals surface area contributed by atoms with Gasteiger partial charge in [0.15, 0.2) is 23.0 Å². The first-order valence-corrected chi connectivity index (χ1v) is 7.37. The van der Waals surface area contributed by atoms with E-state index >= 15 is 0 Å². The maximum absolute atomic E-state index is 10.4. The van der Waals surface area contributed by atoms with Crippen molar-refractivity contribution in [1.29, 1.82) is 0 Å². The number of hydrogen-bond donors (Lipinski definition) is 5. The molecule has 2 aromatic carbocycles. The molecule has 2 heterocycles. The fourth-order valence-corrected chi connectivity index (χ4v) is 3.67. The summed E-state index contributed by atoms with van der Waals surface area (Å²) in [4.78, 5) is 0. The molecule has 0 spiro atoms. The first-order valence-electron chi connectivity index (χ1n) is 7.37. The van der Waals surface area contributed by atoms with E-state index < -0.39 is 17.8 Å². The van der Waals surface area contributed by atoms with E-state index in [1.165, 1.54) is 24.3 Å². The van der Waals surface area contributed by atoms with Crippen molar-refractivity contribution in [3.63, 3.8) is 0 Å². The third-order valence-electron chi connectivity index (χ3n) is 4.83. The van der Waals surface area contributed by atoms with Gasteiger partial charge >= 0.3 is 0 Å². The number of hydrogen-bond acceptors (Lipinski definition) is 6. The van der Waals surface area contributed by atoms with Crippen LogP contribution >= 0.6 is 0 Å². The van der Waals surface area contributed by atoms with E-state index in [1.54, 1.807) is 6.07 Å². The van der Waals surface area contributed by atoms with Gasteiger partial charge in [0.25, 0.3) is 0 Å². The Kier molecular flexibility index (Phi) is 2.79. The van der Waals surface area contributed by atoms with Crippen molar-refractivity contribution in [2.45, 2.75) is 30.7 Å². The summed E-state index contributed by atoms with van der Waals surface area (Å²) in [5.74, 6) is -1.09. The van der Waals surface area contributed by atoms with Crippen LogP contribution in [0.1, 0.15) is 35.6 Å². The second kappa shape index (κ2) is 4.53. The van der Waals surface area contributed by atoms with Gasteiger partial charge < -0.3 is 30.3 Å². The third kappa shape index (κ3) is 1.82. The molecule has 6 heteroatoms. The molecule has 1 saturated heterocycles. The van der Waals surface area contributed by atoms with Gasteiger partial charge in [-0.1, -0.05) is 6.07 Å². The second-order valence-electron chi connectivity index (χ2n) is 6.10. The lowest BCUT2D eigenvalue weighted by molar-refractivity contribution is -0.0915. The van der Waals surface area contributed by atoms with E-state index in [9.17, 15) is 25.5 Å². The van der Waals surface area contributed by atoms with Crippen molar-refractivity contribution < 1.29 is 30.3 Å². The van der Waals surface area contributed by atoms with Gasteiger partial charge in [-0.3, -0.25) is 0 Å². The highest BCUT2D eigenvalue weighted by Crippen LogP contribution is 2.55. The minimum Gasteiger partial charge on any atom is -0.504 e. The number of fused-ring (bicyclic) bond motifs is 4. The summed E-state index contributed by atoms with van der Waals surface area (Å²) in [5, 5.41) is 49.4. The largest absolute Gasteiger partial charge is 0.504 e. The molecule has 2 aliphatic heterocycles. The van der Waals surface area contributed by atoms with E-state index in [4.69, 9.17) is 4.74 Å². The minimum atomic E-state index is -0.935. The molecule has 0 amide bonds. The van der Waals surface area contributed by atoms with E-state index in [2.05, 4.69) is 0 Å². The molecule has 0 radical (unpaired) electrons. The van der Waals surface area contributed by atoms with Crippen LogP contribution in [0.3, 0.4) is 0 Å². The summed E-state index contributed by atoms with van der Waals surface area (Å²) in [5.41, 5.74) is 0.740. The van der Waals surface area contributed by atoms with E-state index in [1.807, 2.05) is 0 Å². The Bertz CT molecular complexity index is 802. The first kappa shape index (κ1) is 14.2. The van der Waals surface area contributed by atoms with Crippen molar-refractivity contribution in [2.24, 2.45) is 0 Å². The average molecular weight is 316 g/mol. The number of ether oxygens (including phenoxy) is 1. The molecule has 0 unspecified atom stereocenters. The Balaban J connectivity index is 1.97. The topological polar surface area (TPSA) is 110 Å². The predicted octanol–water partition coefficient (Wildman–Crippen LogP) is 1.98. The van der Waals surface area contributed by atoms with Crippen molar-refractivity contribution in [3.05, 3.63) is 47.0 Å². The van der Waals surface area contributed by atoms with Gasteiger partial charge in [-0.2, -0.15) is 0 Å². The van der Waals surface area contributed by atoms with Gasteiger partial charge in [-0.25, -0.2) is 0 Å². The number of aliphatic hydroxyl groups excluding tert-OH is 1. The summed E-state index contributed by atoms with van der Waals surface area (Å²) in [6.45, 7) is 0. The van der Waals surface area contributed by atoms with Gasteiger partial charge in [0.05, 0.1) is 6.10 Å². The van der Waals surface area contributed by atoms with Crippen LogP contribution in [0.4, 0.5) is 0 Å². The summed E-state index contributed by atoms with van der Waals surface area (Å²) in [6, 6.07) is 7.18. The maximum Gasteiger partial charge on any atom is 0.157 e. The van der Waals surface area contributed by atoms with Crippen LogP contribution in [-0.4, -0.2) is 31.6 Å². The lowest BCUT2D eigenvalue weighted by atomic mass is 9.80. The van der Waals surface area contributed by atoms with Crippen LogP contribution in [0.5, 0.6) is 23.0 Å². The molecule has 2 bridgehead atoms. The Morgan fingerprint density at radius 3 is 2.35 bits per heavy atom. The highest BCUT2D eigenvalue weighted by Gasteiger charge is 2.52. The highest BCUT2D eigenvalue weighted by molar-refractivity contribution is 5.55. The van der Waals surface area contributed by atoms with Crippen molar-refractivity contribution >= 4 is 0 Å². The van der Waals surface area contributed by atoms with Crippen molar-refractivity contribution in [1.82, 2.24) is 0 Å². The zero-order chi connectivity index (χ0) is 16.4. The van der Waals surface area contributed by atoms with E-state index in [0.29, 0.717) is 29.5 Å². The fourth-order valence-electron chi connectivity index (χ4n) is 3.67. The SMILES string of the molecule is Oc1ccc([C@]23CC[C@H](O2)[C@@H](O)c2cc(O)c(O)cc23)cc1O. The molecule has 3 atom stereocenters. The van der Waals surface area contributed by atoms with Gasteiger partial charge in [-0.05, 0) is 53.8 Å². The average Bonchev–Trinajstić information content (AvgIpc) is 2.93. The Hall–Kier alpha value is -2.44. The number of benzene rings is 2. The fraction of sp³-hybridized carbons (Fsp3) is 0.294. The predicted molar refractivity (Wildman–Crippen MR) is 79.4 cm³/mol. The molecule has 23 heavy (non-hydrogen) atoms. The van der Waals surface area contributed by atoms with Gasteiger partial charge in [0.1, 0.15) is 11.7 Å². The van der Waals surface area contributed by atoms with E-state index in [0.717, 1.165) is 0 Å². The smallest absolute Gasteiger partial charge is 0.157 e. The molecule has 0 saturated carbocycles. The normalized spacial score (nSPS) is 28.6. The van der Waals surface area contributed by atoms with E-state index in [-0.39, 0.29) is 23.0 Å². The van der Waals surface area contributed by atoms with Gasteiger partial charge in [0, 0.05) is 0 Å². The first-order chi connectivity index (χ1) is 10.9. The molecule has 1 fully saturated rings.